The molecule has 4 heteroatoms. The molecule has 0 saturated heterocycles. The quantitative estimate of drug-likeness (QED) is 0.504. The highest BCUT2D eigenvalue weighted by Crippen LogP contribution is 2.12. The van der Waals surface area contributed by atoms with Crippen LogP contribution in [0.4, 0.5) is 0 Å². The van der Waals surface area contributed by atoms with E-state index in [1.807, 2.05) is 0 Å². The predicted molar refractivity (Wildman–Crippen MR) is 47.1 cm³/mol. The Labute approximate surface area is 77.8 Å². The molecule has 1 aliphatic rings. The number of ketones is 1. The molecule has 1 fully saturated rings. The van der Waals surface area contributed by atoms with E-state index in [1.165, 1.54) is 6.42 Å². The standard InChI is InChI=1S/C6H10O.C3H6O3/c7-6-4-2-1-3-5-6;1-2-3(4)6-5/h1-5H2;5H,2H2,1H3. The minimum absolute atomic E-state index is 0.219. The van der Waals surface area contributed by atoms with Gasteiger partial charge in [-0.15, -0.1) is 0 Å². The molecule has 1 N–H and O–H groups in total. The van der Waals surface area contributed by atoms with Gasteiger partial charge in [-0.25, -0.2) is 4.79 Å². The lowest BCUT2D eigenvalue weighted by Crippen LogP contribution is -2.02. The van der Waals surface area contributed by atoms with Crippen molar-refractivity contribution in [2.45, 2.75) is 45.4 Å². The van der Waals surface area contributed by atoms with E-state index in [1.54, 1.807) is 6.92 Å². The molecule has 0 radical (unpaired) electrons. The number of hydrogen-bond donors (Lipinski definition) is 1. The Bertz CT molecular complexity index is 151. The zero-order chi connectivity index (χ0) is 10.1. The SMILES string of the molecule is CCC(=O)OO.O=C1CCCCC1. The van der Waals surface area contributed by atoms with Crippen molar-refractivity contribution in [3.63, 3.8) is 0 Å². The third kappa shape index (κ3) is 7.46. The van der Waals surface area contributed by atoms with Crippen LogP contribution in [0.2, 0.25) is 0 Å². The summed E-state index contributed by atoms with van der Waals surface area (Å²) in [5, 5.41) is 7.49. The topological polar surface area (TPSA) is 63.6 Å². The summed E-state index contributed by atoms with van der Waals surface area (Å²) in [6.07, 6.45) is 5.46. The summed E-state index contributed by atoms with van der Waals surface area (Å²) < 4.78 is 0. The van der Waals surface area contributed by atoms with E-state index in [4.69, 9.17) is 5.26 Å². The first-order valence-electron chi connectivity index (χ1n) is 4.56. The molecule has 1 rings (SSSR count). The second-order valence-corrected chi connectivity index (χ2v) is 2.92. The summed E-state index contributed by atoms with van der Waals surface area (Å²) in [6.45, 7) is 1.60. The van der Waals surface area contributed by atoms with Gasteiger partial charge >= 0.3 is 5.97 Å². The highest BCUT2D eigenvalue weighted by atomic mass is 17.1. The maximum atomic E-state index is 10.5. The van der Waals surface area contributed by atoms with E-state index >= 15 is 0 Å². The summed E-state index contributed by atoms with van der Waals surface area (Å²) in [4.78, 5) is 23.4. The van der Waals surface area contributed by atoms with E-state index in [9.17, 15) is 9.59 Å². The molecular weight excluding hydrogens is 172 g/mol. The Hall–Kier alpha value is -0.900. The Balaban J connectivity index is 0.000000226. The molecule has 0 aromatic rings. The summed E-state index contributed by atoms with van der Waals surface area (Å²) in [5.74, 6) is -0.138. The number of Topliss-reactive ketones (excluding diaryl/α,β-unsaturated/α-hetero) is 1. The van der Waals surface area contributed by atoms with Crippen molar-refractivity contribution in [3.8, 4) is 0 Å². The molecule has 0 heterocycles. The molecular formula is C9H16O4. The number of rotatable bonds is 1. The fourth-order valence-electron chi connectivity index (χ4n) is 1.01. The van der Waals surface area contributed by atoms with Gasteiger partial charge in [0.1, 0.15) is 5.78 Å². The van der Waals surface area contributed by atoms with Crippen LogP contribution in [0.3, 0.4) is 0 Å². The Kier molecular flexibility index (Phi) is 7.20. The van der Waals surface area contributed by atoms with Crippen LogP contribution in [0.15, 0.2) is 0 Å². The normalized spacial score (nSPS) is 15.7. The monoisotopic (exact) mass is 188 g/mol. The van der Waals surface area contributed by atoms with Crippen molar-refractivity contribution in [2.24, 2.45) is 0 Å². The fourth-order valence-corrected chi connectivity index (χ4v) is 1.01. The van der Waals surface area contributed by atoms with Gasteiger partial charge in [-0.2, -0.15) is 5.26 Å². The molecule has 1 saturated carbocycles. The first-order valence-corrected chi connectivity index (χ1v) is 4.56. The van der Waals surface area contributed by atoms with Crippen molar-refractivity contribution >= 4 is 11.8 Å². The maximum Gasteiger partial charge on any atom is 0.341 e. The second kappa shape index (κ2) is 7.73. The average molecular weight is 188 g/mol. The van der Waals surface area contributed by atoms with Crippen LogP contribution in [0.25, 0.3) is 0 Å². The van der Waals surface area contributed by atoms with E-state index in [2.05, 4.69) is 4.89 Å². The summed E-state index contributed by atoms with van der Waals surface area (Å²) in [7, 11) is 0. The third-order valence-corrected chi connectivity index (χ3v) is 1.80. The van der Waals surface area contributed by atoms with Crippen LogP contribution >= 0.6 is 0 Å². The summed E-state index contributed by atoms with van der Waals surface area (Å²) in [5.41, 5.74) is 0. The average Bonchev–Trinajstić information content (AvgIpc) is 2.19. The molecule has 76 valence electrons. The lowest BCUT2D eigenvalue weighted by atomic mass is 10.00. The van der Waals surface area contributed by atoms with Crippen molar-refractivity contribution in [1.29, 1.82) is 0 Å². The molecule has 0 aliphatic heterocycles. The Morgan fingerprint density at radius 1 is 1.38 bits per heavy atom. The Morgan fingerprint density at radius 3 is 2.08 bits per heavy atom. The minimum Gasteiger partial charge on any atom is -0.301 e. The summed E-state index contributed by atoms with van der Waals surface area (Å²) >= 11 is 0. The molecule has 0 aromatic carbocycles. The van der Waals surface area contributed by atoms with Crippen molar-refractivity contribution in [2.75, 3.05) is 0 Å². The first-order chi connectivity index (χ1) is 6.20. The molecule has 0 aromatic heterocycles. The Morgan fingerprint density at radius 2 is 1.92 bits per heavy atom. The molecule has 0 atom stereocenters. The van der Waals surface area contributed by atoms with Crippen LogP contribution in [-0.4, -0.2) is 17.0 Å². The number of carbonyl (C=O) groups excluding carboxylic acids is 2. The molecule has 0 spiro atoms. The van der Waals surface area contributed by atoms with E-state index < -0.39 is 5.97 Å². The van der Waals surface area contributed by atoms with Crippen LogP contribution in [-0.2, 0) is 14.5 Å². The molecule has 0 unspecified atom stereocenters. The van der Waals surface area contributed by atoms with Crippen molar-refractivity contribution in [1.82, 2.24) is 0 Å². The number of hydrogen-bond acceptors (Lipinski definition) is 4. The molecule has 0 amide bonds. The van der Waals surface area contributed by atoms with Gasteiger partial charge < -0.3 is 4.89 Å². The fraction of sp³-hybridized carbons (Fsp3) is 0.778. The third-order valence-electron chi connectivity index (χ3n) is 1.80. The molecule has 4 nitrogen and oxygen atoms in total. The van der Waals surface area contributed by atoms with Gasteiger partial charge in [-0.3, -0.25) is 4.79 Å². The first kappa shape index (κ1) is 12.1. The van der Waals surface area contributed by atoms with Gasteiger partial charge in [0.05, 0.1) is 0 Å². The largest absolute Gasteiger partial charge is 0.341 e. The highest BCUT2D eigenvalue weighted by Gasteiger charge is 2.05. The molecule has 1 aliphatic carbocycles. The van der Waals surface area contributed by atoms with Gasteiger partial charge in [-0.05, 0) is 12.8 Å². The van der Waals surface area contributed by atoms with Gasteiger partial charge in [0.25, 0.3) is 0 Å². The van der Waals surface area contributed by atoms with Gasteiger partial charge in [-0.1, -0.05) is 13.3 Å². The smallest absolute Gasteiger partial charge is 0.301 e. The van der Waals surface area contributed by atoms with Crippen molar-refractivity contribution in [3.05, 3.63) is 0 Å². The van der Waals surface area contributed by atoms with E-state index in [0.717, 1.165) is 25.7 Å². The van der Waals surface area contributed by atoms with Gasteiger partial charge in [0, 0.05) is 19.3 Å². The second-order valence-electron chi connectivity index (χ2n) is 2.92. The zero-order valence-corrected chi connectivity index (χ0v) is 7.91. The van der Waals surface area contributed by atoms with Gasteiger partial charge in [0.2, 0.25) is 0 Å². The minimum atomic E-state index is -0.602. The highest BCUT2D eigenvalue weighted by molar-refractivity contribution is 5.78. The van der Waals surface area contributed by atoms with E-state index in [0.29, 0.717) is 5.78 Å². The van der Waals surface area contributed by atoms with Crippen LogP contribution in [0.5, 0.6) is 0 Å². The van der Waals surface area contributed by atoms with Crippen LogP contribution in [0.1, 0.15) is 45.4 Å². The lowest BCUT2D eigenvalue weighted by Gasteiger charge is -2.05. The molecule has 0 bridgehead atoms. The van der Waals surface area contributed by atoms with Gasteiger partial charge in [0.15, 0.2) is 0 Å². The lowest BCUT2D eigenvalue weighted by molar-refractivity contribution is -0.233. The van der Waals surface area contributed by atoms with Crippen LogP contribution in [0, 0.1) is 0 Å². The molecule has 13 heavy (non-hydrogen) atoms. The number of carbonyl (C=O) groups is 2. The van der Waals surface area contributed by atoms with Crippen LogP contribution < -0.4 is 0 Å². The van der Waals surface area contributed by atoms with Crippen molar-refractivity contribution < 1.29 is 19.7 Å². The van der Waals surface area contributed by atoms with E-state index in [-0.39, 0.29) is 6.42 Å². The predicted octanol–water partition coefficient (Wildman–Crippen LogP) is 1.93. The maximum absolute atomic E-state index is 10.5. The summed E-state index contributed by atoms with van der Waals surface area (Å²) in [6, 6.07) is 0. The zero-order valence-electron chi connectivity index (χ0n) is 7.91.